The van der Waals surface area contributed by atoms with E-state index in [1.165, 1.54) is 24.1 Å². The fourth-order valence-corrected chi connectivity index (χ4v) is 5.30. The van der Waals surface area contributed by atoms with Gasteiger partial charge in [0.05, 0.1) is 29.2 Å². The van der Waals surface area contributed by atoms with Gasteiger partial charge in [0.25, 0.3) is 5.56 Å². The molecule has 4 aromatic rings. The lowest BCUT2D eigenvalue weighted by Gasteiger charge is -2.22. The SMILES string of the molecule is COc1cc(C=Nn2c(C3CCCCC3)nc3ccccc3c2=O)cc([N+](=O)[O-])c1OCc1ccc2c(c1)OCO2. The number of fused-ring (bicyclic) bond motifs is 2. The van der Waals surface area contributed by atoms with Gasteiger partial charge in [0, 0.05) is 17.5 Å². The summed E-state index contributed by atoms with van der Waals surface area (Å²) in [7, 11) is 1.41. The zero-order valence-corrected chi connectivity index (χ0v) is 22.4. The van der Waals surface area contributed by atoms with Crippen molar-refractivity contribution in [2.24, 2.45) is 5.10 Å². The molecule has 1 aromatic heterocycles. The summed E-state index contributed by atoms with van der Waals surface area (Å²) in [6.45, 7) is 0.190. The summed E-state index contributed by atoms with van der Waals surface area (Å²) >= 11 is 0. The Hall–Kier alpha value is -4.93. The standard InChI is InChI=1S/C30H28N4O7/c1-38-27-15-20(13-24(34(36)37)28(27)39-17-19-11-12-25-26(14-19)41-18-40-25)16-31-33-29(21-7-3-2-4-8-21)32-23-10-6-5-9-22(23)30(33)35/h5-6,9-16,21H,2-4,7-8,17-18H2,1H3. The van der Waals surface area contributed by atoms with Gasteiger partial charge in [0.15, 0.2) is 17.2 Å². The van der Waals surface area contributed by atoms with Gasteiger partial charge in [-0.3, -0.25) is 14.9 Å². The zero-order chi connectivity index (χ0) is 28.3. The topological polar surface area (TPSA) is 127 Å². The Labute approximate surface area is 235 Å². The lowest BCUT2D eigenvalue weighted by atomic mass is 9.88. The van der Waals surface area contributed by atoms with Gasteiger partial charge in [0.2, 0.25) is 12.5 Å². The van der Waals surface area contributed by atoms with E-state index in [2.05, 4.69) is 5.10 Å². The van der Waals surface area contributed by atoms with Gasteiger partial charge in [-0.1, -0.05) is 37.5 Å². The number of hydrogen-bond acceptors (Lipinski definition) is 9. The van der Waals surface area contributed by atoms with Crippen LogP contribution in [0.1, 0.15) is 55.0 Å². The van der Waals surface area contributed by atoms with E-state index in [-0.39, 0.29) is 42.1 Å². The Morgan fingerprint density at radius 2 is 1.90 bits per heavy atom. The number of rotatable bonds is 8. The minimum atomic E-state index is -0.536. The molecule has 3 aromatic carbocycles. The zero-order valence-electron chi connectivity index (χ0n) is 22.4. The number of nitro groups is 1. The van der Waals surface area contributed by atoms with Crippen molar-refractivity contribution in [1.82, 2.24) is 9.66 Å². The molecule has 11 nitrogen and oxygen atoms in total. The van der Waals surface area contributed by atoms with Crippen LogP contribution in [0.5, 0.6) is 23.0 Å². The number of hydrogen-bond donors (Lipinski definition) is 0. The van der Waals surface area contributed by atoms with Crippen LogP contribution in [0.25, 0.3) is 10.9 Å². The maximum atomic E-state index is 13.5. The van der Waals surface area contributed by atoms with Gasteiger partial charge >= 0.3 is 5.69 Å². The molecule has 0 spiro atoms. The van der Waals surface area contributed by atoms with E-state index in [0.717, 1.165) is 37.7 Å². The summed E-state index contributed by atoms with van der Waals surface area (Å²) in [5, 5.41) is 17.0. The maximum absolute atomic E-state index is 13.5. The molecule has 6 rings (SSSR count). The number of nitro benzene ring substituents is 1. The Kier molecular flexibility index (Phi) is 7.24. The van der Waals surface area contributed by atoms with Gasteiger partial charge in [-0.2, -0.15) is 9.78 Å². The van der Waals surface area contributed by atoms with E-state index < -0.39 is 4.92 Å². The van der Waals surface area contributed by atoms with Crippen molar-refractivity contribution in [3.8, 4) is 23.0 Å². The Morgan fingerprint density at radius 3 is 2.71 bits per heavy atom. The summed E-state index contributed by atoms with van der Waals surface area (Å²) in [6, 6.07) is 15.5. The average Bonchev–Trinajstić information content (AvgIpc) is 3.48. The smallest absolute Gasteiger partial charge is 0.315 e. The van der Waals surface area contributed by atoms with Crippen LogP contribution in [0, 0.1) is 10.1 Å². The van der Waals surface area contributed by atoms with E-state index >= 15 is 0 Å². The van der Waals surface area contributed by atoms with E-state index in [1.807, 2.05) is 12.1 Å². The summed E-state index contributed by atoms with van der Waals surface area (Å²) in [5.74, 6) is 2.08. The molecule has 1 fully saturated rings. The maximum Gasteiger partial charge on any atom is 0.315 e. The number of benzene rings is 3. The predicted octanol–water partition coefficient (Wildman–Crippen LogP) is 5.55. The van der Waals surface area contributed by atoms with Crippen molar-refractivity contribution in [3.63, 3.8) is 0 Å². The van der Waals surface area contributed by atoms with Crippen LogP contribution in [0.4, 0.5) is 5.69 Å². The monoisotopic (exact) mass is 556 g/mol. The van der Waals surface area contributed by atoms with Crippen molar-refractivity contribution >= 4 is 22.8 Å². The molecule has 1 aliphatic carbocycles. The fraction of sp³-hybridized carbons (Fsp3) is 0.300. The number of nitrogens with zero attached hydrogens (tertiary/aromatic N) is 4. The molecule has 0 atom stereocenters. The van der Waals surface area contributed by atoms with Crippen molar-refractivity contribution in [1.29, 1.82) is 0 Å². The first-order valence-corrected chi connectivity index (χ1v) is 13.5. The lowest BCUT2D eigenvalue weighted by Crippen LogP contribution is -2.25. The van der Waals surface area contributed by atoms with Crippen molar-refractivity contribution in [2.45, 2.75) is 44.6 Å². The summed E-state index contributed by atoms with van der Waals surface area (Å²) in [4.78, 5) is 29.8. The first kappa shape index (κ1) is 26.3. The molecule has 0 bridgehead atoms. The highest BCUT2D eigenvalue weighted by Crippen LogP contribution is 2.39. The molecular weight excluding hydrogens is 528 g/mol. The van der Waals surface area contributed by atoms with Crippen LogP contribution in [-0.4, -0.2) is 34.7 Å². The second-order valence-electron chi connectivity index (χ2n) is 9.99. The first-order valence-electron chi connectivity index (χ1n) is 13.5. The van der Waals surface area contributed by atoms with Crippen LogP contribution in [0.2, 0.25) is 0 Å². The van der Waals surface area contributed by atoms with Gasteiger partial charge in [-0.05, 0) is 48.7 Å². The molecule has 0 saturated heterocycles. The van der Waals surface area contributed by atoms with Gasteiger partial charge in [0.1, 0.15) is 12.4 Å². The van der Waals surface area contributed by atoms with Gasteiger partial charge < -0.3 is 18.9 Å². The first-order chi connectivity index (χ1) is 20.0. The minimum Gasteiger partial charge on any atom is -0.493 e. The van der Waals surface area contributed by atoms with Crippen LogP contribution in [-0.2, 0) is 6.61 Å². The average molecular weight is 557 g/mol. The summed E-state index contributed by atoms with van der Waals surface area (Å²) < 4.78 is 23.4. The highest BCUT2D eigenvalue weighted by molar-refractivity contribution is 5.83. The summed E-state index contributed by atoms with van der Waals surface area (Å²) in [5.41, 5.74) is 1.18. The third-order valence-corrected chi connectivity index (χ3v) is 7.37. The Bertz CT molecular complexity index is 1710. The second-order valence-corrected chi connectivity index (χ2v) is 9.99. The lowest BCUT2D eigenvalue weighted by molar-refractivity contribution is -0.386. The molecule has 1 saturated carbocycles. The Morgan fingerprint density at radius 1 is 1.10 bits per heavy atom. The third-order valence-electron chi connectivity index (χ3n) is 7.37. The molecule has 0 N–H and O–H groups in total. The van der Waals surface area contributed by atoms with E-state index in [4.69, 9.17) is 23.9 Å². The third kappa shape index (κ3) is 5.30. The predicted molar refractivity (Wildman–Crippen MR) is 151 cm³/mol. The molecular formula is C30H28N4O7. The van der Waals surface area contributed by atoms with Gasteiger partial charge in [-0.15, -0.1) is 0 Å². The van der Waals surface area contributed by atoms with Gasteiger partial charge in [-0.25, -0.2) is 4.98 Å². The Balaban J connectivity index is 1.35. The number of methoxy groups -OCH3 is 1. The van der Waals surface area contributed by atoms with Crippen LogP contribution in [0.15, 0.2) is 64.5 Å². The largest absolute Gasteiger partial charge is 0.493 e. The molecule has 210 valence electrons. The molecule has 0 radical (unpaired) electrons. The molecule has 2 heterocycles. The molecule has 0 unspecified atom stereocenters. The molecule has 1 aliphatic heterocycles. The molecule has 11 heteroatoms. The normalized spacial score (nSPS) is 15.0. The van der Waals surface area contributed by atoms with Crippen molar-refractivity contribution in [2.75, 3.05) is 13.9 Å². The van der Waals surface area contributed by atoms with E-state index in [0.29, 0.717) is 33.8 Å². The molecule has 41 heavy (non-hydrogen) atoms. The van der Waals surface area contributed by atoms with E-state index in [1.54, 1.807) is 36.4 Å². The number of aromatic nitrogens is 2. The quantitative estimate of drug-likeness (QED) is 0.157. The van der Waals surface area contributed by atoms with Crippen LogP contribution in [0.3, 0.4) is 0 Å². The highest BCUT2D eigenvalue weighted by Gasteiger charge is 2.24. The van der Waals surface area contributed by atoms with Crippen LogP contribution >= 0.6 is 0 Å². The van der Waals surface area contributed by atoms with Crippen molar-refractivity contribution in [3.05, 3.63) is 92.0 Å². The van der Waals surface area contributed by atoms with Crippen LogP contribution < -0.4 is 24.5 Å². The molecule has 2 aliphatic rings. The number of ether oxygens (including phenoxy) is 4. The fourth-order valence-electron chi connectivity index (χ4n) is 5.30. The van der Waals surface area contributed by atoms with E-state index in [9.17, 15) is 14.9 Å². The summed E-state index contributed by atoms with van der Waals surface area (Å²) in [6.07, 6.45) is 6.55. The minimum absolute atomic E-state index is 0.0141. The highest BCUT2D eigenvalue weighted by atomic mass is 16.7. The second kappa shape index (κ2) is 11.3. The molecule has 0 amide bonds. The number of para-hydroxylation sites is 1. The van der Waals surface area contributed by atoms with Crippen molar-refractivity contribution < 1.29 is 23.9 Å².